The molecule has 1 aliphatic carbocycles. The van der Waals surface area contributed by atoms with Crippen LogP contribution in [0.3, 0.4) is 0 Å². The highest BCUT2D eigenvalue weighted by Crippen LogP contribution is 2.43. The largest absolute Gasteiger partial charge is 0.453 e. The fourth-order valence-corrected chi connectivity index (χ4v) is 6.74. The molecule has 0 bridgehead atoms. The van der Waals surface area contributed by atoms with Crippen LogP contribution in [0.1, 0.15) is 25.3 Å². The summed E-state index contributed by atoms with van der Waals surface area (Å²) in [4.78, 5) is 33.8. The summed E-state index contributed by atoms with van der Waals surface area (Å²) in [6, 6.07) is 4.88. The highest BCUT2D eigenvalue weighted by atomic mass is 19.3. The smallest absolute Gasteiger partial charge is 0.407 e. The van der Waals surface area contributed by atoms with E-state index >= 15 is 4.39 Å². The van der Waals surface area contributed by atoms with Crippen molar-refractivity contribution in [1.82, 2.24) is 44.0 Å². The number of amides is 1. The number of rotatable bonds is 7. The Morgan fingerprint density at radius 1 is 1.21 bits per heavy atom. The van der Waals surface area contributed by atoms with Crippen LogP contribution in [0.4, 0.5) is 18.0 Å². The van der Waals surface area contributed by atoms with Crippen molar-refractivity contribution in [3.05, 3.63) is 53.2 Å². The molecular weight excluding hydrogens is 612 g/mol. The number of alkyl halides is 2. The molecule has 18 heteroatoms. The van der Waals surface area contributed by atoms with Gasteiger partial charge in [0.2, 0.25) is 5.95 Å². The Labute approximate surface area is 268 Å². The van der Waals surface area contributed by atoms with E-state index in [1.54, 1.807) is 40.8 Å². The van der Waals surface area contributed by atoms with E-state index in [0.29, 0.717) is 69.1 Å². The first-order valence-electron chi connectivity index (χ1n) is 15.3. The normalized spacial score (nSPS) is 17.1. The van der Waals surface area contributed by atoms with Crippen LogP contribution in [0.25, 0.3) is 55.4 Å². The van der Waals surface area contributed by atoms with Crippen molar-refractivity contribution < 1.29 is 22.7 Å². The number of hydrogen-bond donors (Lipinski definition) is 2. The minimum Gasteiger partial charge on any atom is -0.453 e. The fourth-order valence-electron chi connectivity index (χ4n) is 6.74. The van der Waals surface area contributed by atoms with Crippen molar-refractivity contribution in [3.63, 3.8) is 0 Å². The second-order valence-corrected chi connectivity index (χ2v) is 13.0. The van der Waals surface area contributed by atoms with Gasteiger partial charge < -0.3 is 15.0 Å². The average Bonchev–Trinajstić information content (AvgIpc) is 3.83. The summed E-state index contributed by atoms with van der Waals surface area (Å²) in [7, 11) is 8.73. The van der Waals surface area contributed by atoms with E-state index in [1.807, 2.05) is 29.6 Å². The van der Waals surface area contributed by atoms with Gasteiger partial charge in [-0.15, -0.1) is 5.10 Å². The minimum absolute atomic E-state index is 0.183. The predicted molar refractivity (Wildman–Crippen MR) is 179 cm³/mol. The van der Waals surface area contributed by atoms with E-state index in [1.165, 1.54) is 22.6 Å². The molecule has 0 aliphatic heterocycles. The number of imidazole rings is 1. The van der Waals surface area contributed by atoms with Crippen LogP contribution in [-0.4, -0.2) is 87.9 Å². The number of H-pyrrole nitrogens is 1. The van der Waals surface area contributed by atoms with Crippen LogP contribution in [0.5, 0.6) is 0 Å². The molecule has 1 fully saturated rings. The number of nitrogens with one attached hydrogen (secondary N) is 2. The molecule has 1 saturated carbocycles. The lowest BCUT2D eigenvalue weighted by atomic mass is 9.49. The SMILES string of the molecule is BC(B)(B)n1cc(-c2[nH]c3ncc4c(c3c2-c2ccc3c(cnn3CC(F)F)c2)n([C@@H]2CC[C@@H](NC(=O)OC)C2)c(=O)n4C)c(F)n1. The summed E-state index contributed by atoms with van der Waals surface area (Å²) in [5.41, 5.74) is 3.74. The van der Waals surface area contributed by atoms with Gasteiger partial charge in [-0.2, -0.15) is 9.49 Å². The topological polar surface area (TPSA) is 130 Å². The van der Waals surface area contributed by atoms with Gasteiger partial charge >= 0.3 is 11.8 Å². The molecule has 6 aromatic rings. The van der Waals surface area contributed by atoms with Crippen molar-refractivity contribution >= 4 is 62.6 Å². The summed E-state index contributed by atoms with van der Waals surface area (Å²) in [6.07, 6.45) is 3.46. The van der Waals surface area contributed by atoms with Crippen LogP contribution in [0, 0.1) is 5.95 Å². The molecule has 47 heavy (non-hydrogen) atoms. The molecule has 2 N–H and O–H groups in total. The Hall–Kier alpha value is -4.89. The lowest BCUT2D eigenvalue weighted by Crippen LogP contribution is -2.35. The Morgan fingerprint density at radius 3 is 2.70 bits per heavy atom. The number of benzene rings is 1. The van der Waals surface area contributed by atoms with Crippen molar-refractivity contribution in [2.24, 2.45) is 7.05 Å². The van der Waals surface area contributed by atoms with Crippen molar-refractivity contribution in [2.45, 2.75) is 49.6 Å². The Balaban J connectivity index is 1.51. The molecule has 1 aromatic carbocycles. The number of fused-ring (bicyclic) bond motifs is 4. The zero-order valence-electron chi connectivity index (χ0n) is 26.5. The van der Waals surface area contributed by atoms with Crippen molar-refractivity contribution in [2.75, 3.05) is 7.11 Å². The number of ether oxygens (including phenoxy) is 1. The molecule has 240 valence electrons. The quantitative estimate of drug-likeness (QED) is 0.254. The molecule has 1 aliphatic rings. The summed E-state index contributed by atoms with van der Waals surface area (Å²) in [6.45, 7) is -0.549. The highest BCUT2D eigenvalue weighted by Gasteiger charge is 2.33. The third-order valence-corrected chi connectivity index (χ3v) is 9.02. The number of aromatic nitrogens is 8. The number of aromatic amines is 1. The maximum absolute atomic E-state index is 15.8. The molecule has 12 nitrogen and oxygen atoms in total. The number of aryl methyl sites for hydroxylation is 1. The molecule has 2 atom stereocenters. The van der Waals surface area contributed by atoms with Crippen LogP contribution >= 0.6 is 0 Å². The summed E-state index contributed by atoms with van der Waals surface area (Å²) < 4.78 is 53.1. The first-order chi connectivity index (χ1) is 22.3. The minimum atomic E-state index is -2.58. The van der Waals surface area contributed by atoms with Gasteiger partial charge in [0.05, 0.1) is 52.7 Å². The first kappa shape index (κ1) is 30.8. The number of nitrogens with zero attached hydrogens (tertiary/aromatic N) is 7. The van der Waals surface area contributed by atoms with Crippen molar-refractivity contribution in [1.29, 1.82) is 0 Å². The van der Waals surface area contributed by atoms with E-state index in [2.05, 4.69) is 25.5 Å². The van der Waals surface area contributed by atoms with Gasteiger partial charge in [-0.25, -0.2) is 23.4 Å². The number of hydrogen-bond acceptors (Lipinski definition) is 6. The maximum atomic E-state index is 15.8. The highest BCUT2D eigenvalue weighted by molar-refractivity contribution is 6.56. The van der Waals surface area contributed by atoms with Crippen LogP contribution in [-0.2, 0) is 23.6 Å². The van der Waals surface area contributed by atoms with Crippen LogP contribution < -0.4 is 11.0 Å². The third-order valence-electron chi connectivity index (χ3n) is 9.02. The van der Waals surface area contributed by atoms with Crippen LogP contribution in [0.2, 0.25) is 0 Å². The van der Waals surface area contributed by atoms with Gasteiger partial charge in [0.1, 0.15) is 35.7 Å². The van der Waals surface area contributed by atoms with Gasteiger partial charge in [0, 0.05) is 36.3 Å². The molecule has 0 unspecified atom stereocenters. The fraction of sp³-hybridized carbons (Fsp3) is 0.345. The zero-order valence-corrected chi connectivity index (χ0v) is 26.5. The Bertz CT molecular complexity index is 2250. The Morgan fingerprint density at radius 2 is 2.00 bits per heavy atom. The molecule has 1 amide bonds. The Kier molecular flexibility index (Phi) is 7.28. The maximum Gasteiger partial charge on any atom is 0.407 e. The third kappa shape index (κ3) is 5.09. The van der Waals surface area contributed by atoms with Crippen LogP contribution in [0.15, 0.2) is 41.6 Å². The lowest BCUT2D eigenvalue weighted by molar-refractivity contribution is 0.123. The molecule has 7 rings (SSSR count). The summed E-state index contributed by atoms with van der Waals surface area (Å²) in [5, 5.41) is 11.9. The lowest BCUT2D eigenvalue weighted by Gasteiger charge is -2.18. The second kappa shape index (κ2) is 11.1. The molecule has 5 aromatic heterocycles. The molecule has 0 saturated heterocycles. The monoisotopic (exact) mass is 643 g/mol. The predicted octanol–water partition coefficient (Wildman–Crippen LogP) is 1.42. The standard InChI is InChI=1S/C29H31B3F3N9O3/c1-41-19-10-36-26-22(24(19)44(28(41)46)16-5-4-15(8-16)38-27(45)47-2)21(23(39-26)17-11-43(29(30,31)32)40-25(17)35)13-3-6-18-14(7-13)9-37-42(18)12-20(33)34/h3,6-7,9-11,15-16,20H,4-5,8,12,30-32H2,1-2H3,(H,36,39)(H,38,45)/t15-,16-/m1/s1. The summed E-state index contributed by atoms with van der Waals surface area (Å²) in [5.74, 6) is -0.687. The van der Waals surface area contributed by atoms with E-state index in [4.69, 9.17) is 4.74 Å². The molecule has 0 spiro atoms. The molecular formula is C29H31B3F3N9O3. The summed E-state index contributed by atoms with van der Waals surface area (Å²) >= 11 is 0. The second-order valence-electron chi connectivity index (χ2n) is 13.0. The van der Waals surface area contributed by atoms with Gasteiger partial charge in [-0.3, -0.25) is 18.5 Å². The van der Waals surface area contributed by atoms with Crippen molar-refractivity contribution in [3.8, 4) is 22.4 Å². The first-order valence-corrected chi connectivity index (χ1v) is 15.3. The number of halogens is 3. The van der Waals surface area contributed by atoms with Gasteiger partial charge in [0.25, 0.3) is 6.43 Å². The van der Waals surface area contributed by atoms with E-state index in [-0.39, 0.29) is 23.3 Å². The van der Waals surface area contributed by atoms with Gasteiger partial charge in [0.15, 0.2) is 0 Å². The number of alkyl carbamates (subject to hydrolysis) is 1. The molecule has 0 radical (unpaired) electrons. The number of pyridine rings is 1. The number of carbonyl (C=O) groups is 1. The van der Waals surface area contributed by atoms with E-state index < -0.39 is 30.2 Å². The number of carbonyl (C=O) groups excluding carboxylic acids is 1. The zero-order chi connectivity index (χ0) is 33.4. The van der Waals surface area contributed by atoms with Gasteiger partial charge in [-0.05, 0) is 42.2 Å². The number of methoxy groups -OCH3 is 1. The van der Waals surface area contributed by atoms with E-state index in [9.17, 15) is 18.4 Å². The van der Waals surface area contributed by atoms with Gasteiger partial charge in [-0.1, -0.05) is 6.07 Å². The average molecular weight is 643 g/mol. The molecule has 5 heterocycles. The van der Waals surface area contributed by atoms with E-state index in [0.717, 1.165) is 0 Å².